The number of benzene rings is 1. The molecule has 31 heavy (non-hydrogen) atoms. The molecule has 5 heterocycles. The van der Waals surface area contributed by atoms with Gasteiger partial charge in [-0.1, -0.05) is 12.1 Å². The Hall–Kier alpha value is -3.42. The highest BCUT2D eigenvalue weighted by Gasteiger charge is 2.25. The highest BCUT2D eigenvalue weighted by atomic mass is 16.7. The first-order valence-electron chi connectivity index (χ1n) is 10.4. The number of ether oxygens (including phenoxy) is 3. The van der Waals surface area contributed by atoms with Gasteiger partial charge in [-0.3, -0.25) is 14.3 Å². The van der Waals surface area contributed by atoms with E-state index >= 15 is 0 Å². The van der Waals surface area contributed by atoms with Gasteiger partial charge in [0.15, 0.2) is 11.5 Å². The van der Waals surface area contributed by atoms with Gasteiger partial charge < -0.3 is 14.2 Å². The van der Waals surface area contributed by atoms with Crippen LogP contribution in [-0.2, 0) is 11.3 Å². The quantitative estimate of drug-likeness (QED) is 0.508. The highest BCUT2D eigenvalue weighted by molar-refractivity contribution is 5.63. The smallest absolute Gasteiger partial charge is 0.231 e. The SMILES string of the molecule is c1cc(-c2ccncc2)n2cc([C@@H]3CN(Cc4ccc5c(c4)OCO5)CCO3)nc2c1. The van der Waals surface area contributed by atoms with Gasteiger partial charge in [-0.25, -0.2) is 4.98 Å². The fraction of sp³-hybridized carbons (Fsp3) is 0.250. The average molecular weight is 414 g/mol. The fourth-order valence-electron chi connectivity index (χ4n) is 4.27. The maximum Gasteiger partial charge on any atom is 0.231 e. The molecule has 0 saturated carbocycles. The monoisotopic (exact) mass is 414 g/mol. The van der Waals surface area contributed by atoms with Crippen molar-refractivity contribution in [3.63, 3.8) is 0 Å². The first kappa shape index (κ1) is 18.4. The van der Waals surface area contributed by atoms with Crippen molar-refractivity contribution in [3.05, 3.63) is 78.4 Å². The Morgan fingerprint density at radius 1 is 1.00 bits per heavy atom. The van der Waals surface area contributed by atoms with Gasteiger partial charge >= 0.3 is 0 Å². The predicted octanol–water partition coefficient (Wildman–Crippen LogP) is 3.70. The largest absolute Gasteiger partial charge is 0.454 e. The van der Waals surface area contributed by atoms with E-state index in [-0.39, 0.29) is 6.10 Å². The van der Waals surface area contributed by atoms with Crippen molar-refractivity contribution >= 4 is 5.65 Å². The Morgan fingerprint density at radius 2 is 1.90 bits per heavy atom. The Kier molecular flexibility index (Phi) is 4.55. The van der Waals surface area contributed by atoms with Crippen LogP contribution in [-0.4, -0.2) is 45.8 Å². The fourth-order valence-corrected chi connectivity index (χ4v) is 4.27. The van der Waals surface area contributed by atoms with E-state index in [1.54, 1.807) is 0 Å². The van der Waals surface area contributed by atoms with E-state index in [0.717, 1.165) is 53.7 Å². The third kappa shape index (κ3) is 3.52. The molecule has 156 valence electrons. The molecule has 0 radical (unpaired) electrons. The number of fused-ring (bicyclic) bond motifs is 2. The molecule has 7 nitrogen and oxygen atoms in total. The Balaban J connectivity index is 1.24. The van der Waals surface area contributed by atoms with E-state index in [4.69, 9.17) is 19.2 Å². The van der Waals surface area contributed by atoms with Crippen molar-refractivity contribution in [2.24, 2.45) is 0 Å². The topological polar surface area (TPSA) is 61.1 Å². The number of pyridine rings is 2. The first-order valence-corrected chi connectivity index (χ1v) is 10.4. The summed E-state index contributed by atoms with van der Waals surface area (Å²) in [7, 11) is 0. The second kappa shape index (κ2) is 7.68. The molecule has 0 aliphatic carbocycles. The van der Waals surface area contributed by atoms with Crippen LogP contribution in [0.3, 0.4) is 0 Å². The van der Waals surface area contributed by atoms with Crippen molar-refractivity contribution in [1.82, 2.24) is 19.3 Å². The summed E-state index contributed by atoms with van der Waals surface area (Å²) in [6.45, 7) is 3.50. The average Bonchev–Trinajstić information content (AvgIpc) is 3.46. The minimum atomic E-state index is -0.0621. The molecule has 0 bridgehead atoms. The standard InChI is InChI=1S/C24H22N4O3/c1-2-20(18-6-8-25-9-7-18)28-14-19(26-24(28)3-1)23-15-27(10-11-29-23)13-17-4-5-21-22(12-17)31-16-30-21/h1-9,12,14,23H,10-11,13,15-16H2/t23-/m0/s1. The Morgan fingerprint density at radius 3 is 2.84 bits per heavy atom. The van der Waals surface area contributed by atoms with Gasteiger partial charge in [0.1, 0.15) is 11.8 Å². The molecule has 0 N–H and O–H groups in total. The van der Waals surface area contributed by atoms with Crippen LogP contribution in [0.25, 0.3) is 16.9 Å². The summed E-state index contributed by atoms with van der Waals surface area (Å²) in [4.78, 5) is 11.4. The molecule has 0 spiro atoms. The van der Waals surface area contributed by atoms with Gasteiger partial charge in [-0.2, -0.15) is 0 Å². The van der Waals surface area contributed by atoms with E-state index in [1.165, 1.54) is 5.56 Å². The highest BCUT2D eigenvalue weighted by Crippen LogP contribution is 2.33. The Labute approximate surface area is 179 Å². The summed E-state index contributed by atoms with van der Waals surface area (Å²) in [5.41, 5.74) is 5.28. The molecule has 1 atom stereocenters. The van der Waals surface area contributed by atoms with Crippen molar-refractivity contribution in [2.75, 3.05) is 26.5 Å². The minimum Gasteiger partial charge on any atom is -0.454 e. The van der Waals surface area contributed by atoms with Crippen LogP contribution in [0.4, 0.5) is 0 Å². The number of hydrogen-bond donors (Lipinski definition) is 0. The van der Waals surface area contributed by atoms with E-state index in [0.29, 0.717) is 13.4 Å². The van der Waals surface area contributed by atoms with Crippen LogP contribution in [0.15, 0.2) is 67.1 Å². The summed E-state index contributed by atoms with van der Waals surface area (Å²) >= 11 is 0. The maximum absolute atomic E-state index is 6.11. The number of aromatic nitrogens is 3. The first-order chi connectivity index (χ1) is 15.3. The lowest BCUT2D eigenvalue weighted by molar-refractivity contribution is -0.0347. The molecule has 1 fully saturated rings. The van der Waals surface area contributed by atoms with E-state index in [1.807, 2.05) is 42.7 Å². The zero-order valence-corrected chi connectivity index (χ0v) is 17.0. The third-order valence-corrected chi connectivity index (χ3v) is 5.81. The molecule has 7 heteroatoms. The van der Waals surface area contributed by atoms with Gasteiger partial charge in [-0.05, 0) is 42.0 Å². The molecule has 1 saturated heterocycles. The molecule has 4 aromatic rings. The second-order valence-corrected chi connectivity index (χ2v) is 7.82. The van der Waals surface area contributed by atoms with E-state index < -0.39 is 0 Å². The van der Waals surface area contributed by atoms with Crippen LogP contribution in [0, 0.1) is 0 Å². The van der Waals surface area contributed by atoms with Crippen LogP contribution in [0.5, 0.6) is 11.5 Å². The number of morpholine rings is 1. The van der Waals surface area contributed by atoms with Crippen LogP contribution in [0.1, 0.15) is 17.4 Å². The molecule has 6 rings (SSSR count). The minimum absolute atomic E-state index is 0.0621. The Bertz CT molecular complexity index is 1220. The summed E-state index contributed by atoms with van der Waals surface area (Å²) in [5.74, 6) is 1.64. The van der Waals surface area contributed by atoms with Crippen molar-refractivity contribution in [3.8, 4) is 22.8 Å². The number of rotatable bonds is 4. The van der Waals surface area contributed by atoms with Gasteiger partial charge in [-0.15, -0.1) is 0 Å². The van der Waals surface area contributed by atoms with Crippen LogP contribution < -0.4 is 9.47 Å². The van der Waals surface area contributed by atoms with Crippen molar-refractivity contribution < 1.29 is 14.2 Å². The lowest BCUT2D eigenvalue weighted by atomic mass is 10.1. The summed E-state index contributed by atoms with van der Waals surface area (Å²) in [5, 5.41) is 0. The second-order valence-electron chi connectivity index (χ2n) is 7.82. The molecule has 3 aromatic heterocycles. The molecule has 0 amide bonds. The maximum atomic E-state index is 6.11. The zero-order valence-electron chi connectivity index (χ0n) is 17.0. The zero-order chi connectivity index (χ0) is 20.6. The number of hydrogen-bond acceptors (Lipinski definition) is 6. The van der Waals surface area contributed by atoms with Crippen molar-refractivity contribution in [2.45, 2.75) is 12.6 Å². The summed E-state index contributed by atoms with van der Waals surface area (Å²) < 4.78 is 19.2. The number of nitrogens with zero attached hydrogens (tertiary/aromatic N) is 4. The molecular formula is C24H22N4O3. The normalized spacial score (nSPS) is 18.5. The molecule has 2 aliphatic rings. The molecule has 0 unspecified atom stereocenters. The van der Waals surface area contributed by atoms with Crippen LogP contribution in [0.2, 0.25) is 0 Å². The van der Waals surface area contributed by atoms with E-state index in [9.17, 15) is 0 Å². The van der Waals surface area contributed by atoms with Gasteiger partial charge in [0.05, 0.1) is 18.0 Å². The molecular weight excluding hydrogens is 392 g/mol. The predicted molar refractivity (Wildman–Crippen MR) is 115 cm³/mol. The van der Waals surface area contributed by atoms with Gasteiger partial charge in [0.2, 0.25) is 6.79 Å². The lowest BCUT2D eigenvalue weighted by Crippen LogP contribution is -2.37. The van der Waals surface area contributed by atoms with Crippen LogP contribution >= 0.6 is 0 Å². The van der Waals surface area contributed by atoms with Gasteiger partial charge in [0.25, 0.3) is 0 Å². The summed E-state index contributed by atoms with van der Waals surface area (Å²) in [6.07, 6.45) is 5.65. The van der Waals surface area contributed by atoms with Crippen molar-refractivity contribution in [1.29, 1.82) is 0 Å². The van der Waals surface area contributed by atoms with Gasteiger partial charge in [0, 0.05) is 43.8 Å². The molecule has 2 aliphatic heterocycles. The summed E-state index contributed by atoms with van der Waals surface area (Å²) in [6, 6.07) is 16.3. The lowest BCUT2D eigenvalue weighted by Gasteiger charge is -2.32. The van der Waals surface area contributed by atoms with E-state index in [2.05, 4.69) is 38.7 Å². The third-order valence-electron chi connectivity index (χ3n) is 5.81. The molecule has 1 aromatic carbocycles. The number of imidazole rings is 1.